The molecule has 21 heavy (non-hydrogen) atoms. The highest BCUT2D eigenvalue weighted by molar-refractivity contribution is 6.04. The molecule has 0 aromatic heterocycles. The summed E-state index contributed by atoms with van der Waals surface area (Å²) in [5.41, 5.74) is 1.77. The largest absolute Gasteiger partial charge is 0.489 e. The summed E-state index contributed by atoms with van der Waals surface area (Å²) >= 11 is 0. The molecular formula is C18H19NO2. The summed E-state index contributed by atoms with van der Waals surface area (Å²) in [6, 6.07) is 17.2. The fourth-order valence-electron chi connectivity index (χ4n) is 1.77. The molecule has 0 radical (unpaired) electrons. The first-order valence-corrected chi connectivity index (χ1v) is 6.81. The number of allylic oxidation sites excluding steroid dienone is 1. The van der Waals surface area contributed by atoms with Gasteiger partial charge in [0.05, 0.1) is 0 Å². The van der Waals surface area contributed by atoms with Crippen molar-refractivity contribution in [1.82, 2.24) is 4.90 Å². The number of ether oxygens (including phenoxy) is 1. The van der Waals surface area contributed by atoms with E-state index in [-0.39, 0.29) is 5.78 Å². The van der Waals surface area contributed by atoms with Crippen LogP contribution in [0.4, 0.5) is 0 Å². The van der Waals surface area contributed by atoms with Gasteiger partial charge in [0.2, 0.25) is 0 Å². The molecule has 0 amide bonds. The predicted molar refractivity (Wildman–Crippen MR) is 84.4 cm³/mol. The predicted octanol–water partition coefficient (Wildman–Crippen LogP) is 3.52. The van der Waals surface area contributed by atoms with Crippen molar-refractivity contribution < 1.29 is 9.53 Å². The third-order valence-electron chi connectivity index (χ3n) is 2.91. The van der Waals surface area contributed by atoms with Crippen LogP contribution in [0, 0.1) is 0 Å². The van der Waals surface area contributed by atoms with Crippen LogP contribution in [0.1, 0.15) is 15.9 Å². The molecule has 0 aliphatic heterocycles. The van der Waals surface area contributed by atoms with E-state index in [4.69, 9.17) is 4.74 Å². The summed E-state index contributed by atoms with van der Waals surface area (Å²) in [5, 5.41) is 0. The Hall–Kier alpha value is -2.55. The molecular weight excluding hydrogens is 262 g/mol. The van der Waals surface area contributed by atoms with Crippen LogP contribution in [0.3, 0.4) is 0 Å². The van der Waals surface area contributed by atoms with Gasteiger partial charge in [-0.05, 0) is 29.8 Å². The molecule has 2 aromatic carbocycles. The second kappa shape index (κ2) is 7.29. The molecule has 0 heterocycles. The second-order valence-corrected chi connectivity index (χ2v) is 4.94. The lowest BCUT2D eigenvalue weighted by atomic mass is 10.1. The van der Waals surface area contributed by atoms with E-state index in [0.717, 1.165) is 11.3 Å². The zero-order valence-corrected chi connectivity index (χ0v) is 12.3. The number of nitrogens with zero attached hydrogens (tertiary/aromatic N) is 1. The van der Waals surface area contributed by atoms with E-state index in [1.165, 1.54) is 0 Å². The van der Waals surface area contributed by atoms with Crippen molar-refractivity contribution in [2.24, 2.45) is 0 Å². The van der Waals surface area contributed by atoms with E-state index in [9.17, 15) is 4.79 Å². The number of carbonyl (C=O) groups excluding carboxylic acids is 1. The molecule has 0 saturated carbocycles. The summed E-state index contributed by atoms with van der Waals surface area (Å²) in [5.74, 6) is 0.741. The molecule has 0 aliphatic rings. The van der Waals surface area contributed by atoms with E-state index >= 15 is 0 Å². The summed E-state index contributed by atoms with van der Waals surface area (Å²) in [4.78, 5) is 13.7. The molecule has 0 fully saturated rings. The van der Waals surface area contributed by atoms with Gasteiger partial charge in [0.1, 0.15) is 12.4 Å². The highest BCUT2D eigenvalue weighted by Gasteiger charge is 2.02. The number of hydrogen-bond acceptors (Lipinski definition) is 3. The molecule has 2 rings (SSSR count). The summed E-state index contributed by atoms with van der Waals surface area (Å²) in [7, 11) is 3.76. The molecule has 2 aromatic rings. The van der Waals surface area contributed by atoms with Crippen LogP contribution >= 0.6 is 0 Å². The number of benzene rings is 2. The highest BCUT2D eigenvalue weighted by atomic mass is 16.5. The fourth-order valence-corrected chi connectivity index (χ4v) is 1.77. The van der Waals surface area contributed by atoms with Gasteiger partial charge in [0.25, 0.3) is 0 Å². The molecule has 0 bridgehead atoms. The van der Waals surface area contributed by atoms with E-state index in [1.54, 1.807) is 24.4 Å². The van der Waals surface area contributed by atoms with Crippen LogP contribution in [0.5, 0.6) is 5.75 Å². The van der Waals surface area contributed by atoms with Crippen molar-refractivity contribution in [3.63, 3.8) is 0 Å². The Bertz CT molecular complexity index is 601. The Morgan fingerprint density at radius 3 is 2.33 bits per heavy atom. The fraction of sp³-hybridized carbons (Fsp3) is 0.167. The van der Waals surface area contributed by atoms with Gasteiger partial charge in [-0.3, -0.25) is 4.79 Å². The van der Waals surface area contributed by atoms with Gasteiger partial charge in [0.15, 0.2) is 5.78 Å². The number of rotatable bonds is 6. The Morgan fingerprint density at radius 2 is 1.71 bits per heavy atom. The van der Waals surface area contributed by atoms with Crippen molar-refractivity contribution >= 4 is 5.78 Å². The van der Waals surface area contributed by atoms with Crippen LogP contribution in [-0.4, -0.2) is 24.8 Å². The lowest BCUT2D eigenvalue weighted by Crippen LogP contribution is -2.03. The molecule has 0 saturated heterocycles. The van der Waals surface area contributed by atoms with E-state index in [2.05, 4.69) is 0 Å². The third-order valence-corrected chi connectivity index (χ3v) is 2.91. The van der Waals surface area contributed by atoms with E-state index < -0.39 is 0 Å². The van der Waals surface area contributed by atoms with Gasteiger partial charge >= 0.3 is 0 Å². The summed E-state index contributed by atoms with van der Waals surface area (Å²) in [6.07, 6.45) is 3.29. The third kappa shape index (κ3) is 4.80. The van der Waals surface area contributed by atoms with Crippen molar-refractivity contribution in [3.8, 4) is 5.75 Å². The summed E-state index contributed by atoms with van der Waals surface area (Å²) in [6.45, 7) is 0.522. The van der Waals surface area contributed by atoms with Gasteiger partial charge in [-0.25, -0.2) is 0 Å². The van der Waals surface area contributed by atoms with E-state index in [1.807, 2.05) is 61.5 Å². The highest BCUT2D eigenvalue weighted by Crippen LogP contribution is 2.15. The lowest BCUT2D eigenvalue weighted by Gasteiger charge is -2.07. The minimum absolute atomic E-state index is 0.0155. The van der Waals surface area contributed by atoms with Crippen LogP contribution in [0.2, 0.25) is 0 Å². The molecule has 0 unspecified atom stereocenters. The molecule has 3 nitrogen and oxygen atoms in total. The summed E-state index contributed by atoms with van der Waals surface area (Å²) < 4.78 is 5.69. The second-order valence-electron chi connectivity index (χ2n) is 4.94. The van der Waals surface area contributed by atoms with Gasteiger partial charge in [0, 0.05) is 31.9 Å². The van der Waals surface area contributed by atoms with Gasteiger partial charge in [-0.15, -0.1) is 0 Å². The zero-order valence-electron chi connectivity index (χ0n) is 12.3. The van der Waals surface area contributed by atoms with Crippen molar-refractivity contribution in [2.45, 2.75) is 6.61 Å². The maximum atomic E-state index is 11.9. The lowest BCUT2D eigenvalue weighted by molar-refractivity contribution is 0.104. The quantitative estimate of drug-likeness (QED) is 0.599. The molecule has 0 N–H and O–H groups in total. The van der Waals surface area contributed by atoms with Gasteiger partial charge in [-0.2, -0.15) is 0 Å². The minimum atomic E-state index is -0.0155. The van der Waals surface area contributed by atoms with E-state index in [0.29, 0.717) is 12.2 Å². The van der Waals surface area contributed by atoms with Crippen LogP contribution in [0.15, 0.2) is 66.9 Å². The van der Waals surface area contributed by atoms with Crippen LogP contribution in [0.25, 0.3) is 0 Å². The molecule has 0 atom stereocenters. The zero-order chi connectivity index (χ0) is 15.1. The number of hydrogen-bond donors (Lipinski definition) is 0. The average molecular weight is 281 g/mol. The first-order chi connectivity index (χ1) is 10.1. The van der Waals surface area contributed by atoms with Crippen LogP contribution < -0.4 is 4.74 Å². The van der Waals surface area contributed by atoms with Crippen molar-refractivity contribution in [3.05, 3.63) is 78.0 Å². The molecule has 3 heteroatoms. The minimum Gasteiger partial charge on any atom is -0.489 e. The van der Waals surface area contributed by atoms with Gasteiger partial charge in [-0.1, -0.05) is 30.3 Å². The monoisotopic (exact) mass is 281 g/mol. The Morgan fingerprint density at radius 1 is 1.05 bits per heavy atom. The molecule has 108 valence electrons. The smallest absolute Gasteiger partial charge is 0.187 e. The molecule has 0 spiro atoms. The van der Waals surface area contributed by atoms with Crippen molar-refractivity contribution in [2.75, 3.05) is 14.1 Å². The Kier molecular flexibility index (Phi) is 5.16. The first kappa shape index (κ1) is 14.9. The number of ketones is 1. The normalized spacial score (nSPS) is 10.6. The Balaban J connectivity index is 1.94. The molecule has 0 aliphatic carbocycles. The SMILES string of the molecule is CN(C)C=CC(=O)c1ccc(OCc2ccccc2)cc1. The maximum Gasteiger partial charge on any atom is 0.187 e. The van der Waals surface area contributed by atoms with Crippen LogP contribution in [-0.2, 0) is 6.61 Å². The standard InChI is InChI=1S/C18H19NO2/c1-19(2)13-12-18(20)16-8-10-17(11-9-16)21-14-15-6-4-3-5-7-15/h3-13H,14H2,1-2H3. The first-order valence-electron chi connectivity index (χ1n) is 6.81. The topological polar surface area (TPSA) is 29.5 Å². The Labute approximate surface area is 125 Å². The average Bonchev–Trinajstić information content (AvgIpc) is 2.52. The maximum absolute atomic E-state index is 11.9. The van der Waals surface area contributed by atoms with Gasteiger partial charge < -0.3 is 9.64 Å². The van der Waals surface area contributed by atoms with Crippen molar-refractivity contribution in [1.29, 1.82) is 0 Å². The number of carbonyl (C=O) groups is 1.